The van der Waals surface area contributed by atoms with E-state index in [9.17, 15) is 0 Å². The summed E-state index contributed by atoms with van der Waals surface area (Å²) in [6.45, 7) is 0. The fraction of sp³-hybridized carbons (Fsp3) is 0.250. The number of aromatic amines is 1. The summed E-state index contributed by atoms with van der Waals surface area (Å²) < 4.78 is 11.3. The number of nitrogens with one attached hydrogen (secondary N) is 1. The van der Waals surface area contributed by atoms with E-state index in [1.807, 2.05) is 24.4 Å². The van der Waals surface area contributed by atoms with Crippen LogP contribution in [0.4, 0.5) is 0 Å². The Morgan fingerprint density at radius 3 is 2.59 bits per heavy atom. The first kappa shape index (κ1) is 12.1. The van der Waals surface area contributed by atoms with E-state index in [1.54, 1.807) is 25.6 Å². The van der Waals surface area contributed by atoms with E-state index in [0.29, 0.717) is 0 Å². The van der Waals surface area contributed by atoms with Crippen LogP contribution in [0.1, 0.15) is 10.4 Å². The summed E-state index contributed by atoms with van der Waals surface area (Å²) in [5.74, 6) is 1.50. The number of thiazole rings is 1. The van der Waals surface area contributed by atoms with E-state index in [2.05, 4.69) is 4.98 Å². The highest BCUT2D eigenvalue weighted by Crippen LogP contribution is 2.28. The summed E-state index contributed by atoms with van der Waals surface area (Å²) in [7, 11) is 3.27. The van der Waals surface area contributed by atoms with Crippen molar-refractivity contribution in [3.63, 3.8) is 0 Å². The van der Waals surface area contributed by atoms with Gasteiger partial charge in [-0.1, -0.05) is 6.07 Å². The molecule has 0 amide bonds. The zero-order valence-corrected chi connectivity index (χ0v) is 11.3. The largest absolute Gasteiger partial charge is 0.493 e. The van der Waals surface area contributed by atoms with Crippen molar-refractivity contribution in [3.05, 3.63) is 38.8 Å². The van der Waals surface area contributed by atoms with Crippen molar-refractivity contribution < 1.29 is 9.47 Å². The van der Waals surface area contributed by atoms with Gasteiger partial charge in [-0.3, -0.25) is 0 Å². The molecule has 1 heterocycles. The third-order valence-corrected chi connectivity index (χ3v) is 3.60. The Balaban J connectivity index is 2.25. The van der Waals surface area contributed by atoms with Crippen LogP contribution in [-0.4, -0.2) is 19.2 Å². The first-order valence-electron chi connectivity index (χ1n) is 5.11. The minimum Gasteiger partial charge on any atom is -0.493 e. The van der Waals surface area contributed by atoms with Crippen LogP contribution in [0, 0.1) is 3.95 Å². The summed E-state index contributed by atoms with van der Waals surface area (Å²) >= 11 is 6.65. The minimum atomic E-state index is 0.748. The van der Waals surface area contributed by atoms with Gasteiger partial charge in [-0.2, -0.15) is 0 Å². The van der Waals surface area contributed by atoms with Crippen molar-refractivity contribution >= 4 is 23.6 Å². The van der Waals surface area contributed by atoms with Crippen LogP contribution in [0.5, 0.6) is 11.5 Å². The first-order chi connectivity index (χ1) is 8.22. The zero-order chi connectivity index (χ0) is 12.3. The molecule has 0 saturated heterocycles. The molecule has 90 valence electrons. The Bertz CT molecular complexity index is 560. The van der Waals surface area contributed by atoms with Gasteiger partial charge in [0.05, 0.1) is 14.2 Å². The van der Waals surface area contributed by atoms with E-state index >= 15 is 0 Å². The van der Waals surface area contributed by atoms with Gasteiger partial charge in [0.15, 0.2) is 15.5 Å². The van der Waals surface area contributed by atoms with Crippen LogP contribution < -0.4 is 9.47 Å². The highest BCUT2D eigenvalue weighted by atomic mass is 32.1. The monoisotopic (exact) mass is 267 g/mol. The number of hydrogen-bond donors (Lipinski definition) is 1. The zero-order valence-electron chi connectivity index (χ0n) is 9.65. The average molecular weight is 267 g/mol. The smallest absolute Gasteiger partial charge is 0.160 e. The molecule has 0 radical (unpaired) electrons. The van der Waals surface area contributed by atoms with Crippen molar-refractivity contribution in [1.29, 1.82) is 0 Å². The van der Waals surface area contributed by atoms with Gasteiger partial charge >= 0.3 is 0 Å². The minimum absolute atomic E-state index is 0.748. The van der Waals surface area contributed by atoms with Crippen LogP contribution >= 0.6 is 23.6 Å². The summed E-state index contributed by atoms with van der Waals surface area (Å²) in [6.07, 6.45) is 2.79. The maximum absolute atomic E-state index is 5.27. The van der Waals surface area contributed by atoms with Crippen LogP contribution in [0.2, 0.25) is 0 Å². The molecule has 0 aliphatic rings. The summed E-state index contributed by atoms with van der Waals surface area (Å²) in [5.41, 5.74) is 1.17. The number of hydrogen-bond acceptors (Lipinski definition) is 4. The van der Waals surface area contributed by atoms with Crippen molar-refractivity contribution in [2.75, 3.05) is 14.2 Å². The number of ether oxygens (including phenoxy) is 2. The summed E-state index contributed by atoms with van der Waals surface area (Å²) in [4.78, 5) is 4.23. The Morgan fingerprint density at radius 1 is 1.24 bits per heavy atom. The third kappa shape index (κ3) is 2.87. The molecule has 0 spiro atoms. The normalized spacial score (nSPS) is 10.2. The highest BCUT2D eigenvalue weighted by molar-refractivity contribution is 7.73. The van der Waals surface area contributed by atoms with E-state index in [0.717, 1.165) is 21.9 Å². The van der Waals surface area contributed by atoms with Gasteiger partial charge in [0, 0.05) is 17.5 Å². The van der Waals surface area contributed by atoms with Crippen molar-refractivity contribution in [3.8, 4) is 11.5 Å². The molecule has 17 heavy (non-hydrogen) atoms. The van der Waals surface area contributed by atoms with Crippen LogP contribution in [0.15, 0.2) is 24.4 Å². The lowest BCUT2D eigenvalue weighted by Gasteiger charge is -2.08. The molecule has 0 bridgehead atoms. The predicted octanol–water partition coefficient (Wildman–Crippen LogP) is 3.41. The first-order valence-corrected chi connectivity index (χ1v) is 6.33. The molecule has 1 aromatic carbocycles. The quantitative estimate of drug-likeness (QED) is 0.862. The van der Waals surface area contributed by atoms with Gasteiger partial charge in [-0.05, 0) is 29.9 Å². The maximum Gasteiger partial charge on any atom is 0.160 e. The Morgan fingerprint density at radius 2 is 2.00 bits per heavy atom. The molecule has 5 heteroatoms. The topological polar surface area (TPSA) is 34.2 Å². The molecule has 1 aromatic heterocycles. The Hall–Kier alpha value is -1.33. The molecular weight excluding hydrogens is 254 g/mol. The second kappa shape index (κ2) is 5.33. The molecule has 0 saturated carbocycles. The molecule has 0 atom stereocenters. The Labute approximate surface area is 109 Å². The van der Waals surface area contributed by atoms with Crippen LogP contribution in [0.25, 0.3) is 0 Å². The lowest BCUT2D eigenvalue weighted by atomic mass is 10.1. The SMILES string of the molecule is COc1ccc(Cc2c[nH]c(=S)s2)cc1OC. The predicted molar refractivity (Wildman–Crippen MR) is 71.9 cm³/mol. The molecule has 1 N–H and O–H groups in total. The number of aromatic nitrogens is 1. The molecule has 0 unspecified atom stereocenters. The number of methoxy groups -OCH3 is 2. The van der Waals surface area contributed by atoms with Gasteiger partial charge in [0.25, 0.3) is 0 Å². The van der Waals surface area contributed by atoms with Gasteiger partial charge in [0.2, 0.25) is 0 Å². The Kier molecular flexibility index (Phi) is 3.81. The van der Waals surface area contributed by atoms with Gasteiger partial charge < -0.3 is 14.5 Å². The van der Waals surface area contributed by atoms with Gasteiger partial charge in [0.1, 0.15) is 0 Å². The second-order valence-corrected chi connectivity index (χ2v) is 5.31. The number of benzene rings is 1. The van der Waals surface area contributed by atoms with E-state index < -0.39 is 0 Å². The number of H-pyrrole nitrogens is 1. The average Bonchev–Trinajstić information content (AvgIpc) is 2.74. The van der Waals surface area contributed by atoms with Crippen molar-refractivity contribution in [2.24, 2.45) is 0 Å². The standard InChI is InChI=1S/C12H13NO2S2/c1-14-10-4-3-8(6-11(10)15-2)5-9-7-13-12(16)17-9/h3-4,6-7H,5H2,1-2H3,(H,13,16). The van der Waals surface area contributed by atoms with Crippen molar-refractivity contribution in [1.82, 2.24) is 4.98 Å². The fourth-order valence-corrected chi connectivity index (χ4v) is 2.69. The summed E-state index contributed by atoms with van der Waals surface area (Å²) in [6, 6.07) is 5.94. The van der Waals surface area contributed by atoms with Crippen LogP contribution in [-0.2, 0) is 6.42 Å². The van der Waals surface area contributed by atoms with Crippen molar-refractivity contribution in [2.45, 2.75) is 6.42 Å². The lowest BCUT2D eigenvalue weighted by molar-refractivity contribution is 0.354. The molecule has 0 aliphatic heterocycles. The molecule has 3 nitrogen and oxygen atoms in total. The van der Waals surface area contributed by atoms with Gasteiger partial charge in [-0.15, -0.1) is 11.3 Å². The maximum atomic E-state index is 5.27. The highest BCUT2D eigenvalue weighted by Gasteiger charge is 2.05. The molecular formula is C12H13NO2S2. The number of rotatable bonds is 4. The molecule has 0 aliphatic carbocycles. The van der Waals surface area contributed by atoms with E-state index in [-0.39, 0.29) is 0 Å². The summed E-state index contributed by atoms with van der Waals surface area (Å²) in [5, 5.41) is 0. The third-order valence-electron chi connectivity index (χ3n) is 2.40. The second-order valence-electron chi connectivity index (χ2n) is 3.51. The molecule has 2 rings (SSSR count). The lowest BCUT2D eigenvalue weighted by Crippen LogP contribution is -1.92. The van der Waals surface area contributed by atoms with E-state index in [1.165, 1.54) is 10.4 Å². The van der Waals surface area contributed by atoms with Crippen LogP contribution in [0.3, 0.4) is 0 Å². The van der Waals surface area contributed by atoms with Gasteiger partial charge in [-0.25, -0.2) is 0 Å². The molecule has 2 aromatic rings. The van der Waals surface area contributed by atoms with E-state index in [4.69, 9.17) is 21.7 Å². The fourth-order valence-electron chi connectivity index (χ4n) is 1.60. The molecule has 0 fully saturated rings.